The summed E-state index contributed by atoms with van der Waals surface area (Å²) in [4.78, 5) is 23.1. The number of hydrogen-bond donors (Lipinski definition) is 2. The highest BCUT2D eigenvalue weighted by molar-refractivity contribution is 5.75. The maximum Gasteiger partial charge on any atom is 0.255 e. The monoisotopic (exact) mass is 416 g/mol. The molecule has 30 heavy (non-hydrogen) atoms. The van der Waals surface area contributed by atoms with Crippen molar-refractivity contribution in [2.24, 2.45) is 28.4 Å². The average molecular weight is 417 g/mol. The molecule has 2 saturated carbocycles. The third-order valence-electron chi connectivity index (χ3n) is 7.74. The lowest BCUT2D eigenvalue weighted by molar-refractivity contribution is -0.136. The molecule has 3 fully saturated rings. The molecule has 1 aliphatic heterocycles. The van der Waals surface area contributed by atoms with Crippen molar-refractivity contribution in [3.05, 3.63) is 23.8 Å². The van der Waals surface area contributed by atoms with Crippen LogP contribution < -0.4 is 20.5 Å². The van der Waals surface area contributed by atoms with Crippen LogP contribution in [0.2, 0.25) is 0 Å². The van der Waals surface area contributed by atoms with Gasteiger partial charge in [-0.25, -0.2) is 0 Å². The zero-order valence-electron chi connectivity index (χ0n) is 18.2. The molecule has 2 aliphatic carbocycles. The second-order valence-corrected chi connectivity index (χ2v) is 9.64. The van der Waals surface area contributed by atoms with E-state index < -0.39 is 5.91 Å². The number of nitrogens with two attached hydrogens (primary N) is 1. The van der Waals surface area contributed by atoms with E-state index in [4.69, 9.17) is 19.9 Å². The molecule has 2 bridgehead atoms. The average Bonchev–Trinajstić information content (AvgIpc) is 3.18. The quantitative estimate of drug-likeness (QED) is 0.742. The zero-order valence-corrected chi connectivity index (χ0v) is 18.2. The molecule has 7 heteroatoms. The Morgan fingerprint density at radius 3 is 2.73 bits per heavy atom. The van der Waals surface area contributed by atoms with Gasteiger partial charge in [-0.2, -0.15) is 0 Å². The molecule has 1 spiro atoms. The molecule has 3 aliphatic rings. The molecular formula is C23H32N2O5. The first kappa shape index (κ1) is 21.0. The molecule has 0 aromatic heterocycles. The molecule has 5 atom stereocenters. The summed E-state index contributed by atoms with van der Waals surface area (Å²) < 4.78 is 17.3. The zero-order chi connectivity index (χ0) is 21.7. The first-order valence-corrected chi connectivity index (χ1v) is 10.7. The van der Waals surface area contributed by atoms with Crippen molar-refractivity contribution < 1.29 is 23.8 Å². The Hall–Kier alpha value is -2.28. The van der Waals surface area contributed by atoms with Crippen LogP contribution in [-0.2, 0) is 14.3 Å². The van der Waals surface area contributed by atoms with Gasteiger partial charge in [0.2, 0.25) is 5.91 Å². The van der Waals surface area contributed by atoms with Crippen molar-refractivity contribution in [1.82, 2.24) is 5.32 Å². The second-order valence-electron chi connectivity index (χ2n) is 9.64. The van der Waals surface area contributed by atoms with E-state index >= 15 is 0 Å². The number of benzene rings is 1. The van der Waals surface area contributed by atoms with E-state index in [1.54, 1.807) is 14.0 Å². The van der Waals surface area contributed by atoms with E-state index in [1.165, 1.54) is 0 Å². The van der Waals surface area contributed by atoms with Crippen molar-refractivity contribution in [2.45, 2.75) is 52.2 Å². The first-order chi connectivity index (χ1) is 14.2. The standard InChI is InChI=1S/C23H32N2O5/c1-13(26)25-21-22(2,3)15-10-16-20(29-8-7-23(16,21)11-15)14-5-6-17(18(9-14)28-4)30-12-19(24)27/h5-6,9,15-16,20-21H,7-8,10-12H2,1-4H3,(H2,24,27)(H,25,26)/t15-,16-,20-,21-,23-/m1/s1. The minimum Gasteiger partial charge on any atom is -0.493 e. The minimum atomic E-state index is -0.535. The van der Waals surface area contributed by atoms with E-state index in [9.17, 15) is 9.59 Å². The Labute approximate surface area is 177 Å². The van der Waals surface area contributed by atoms with E-state index in [2.05, 4.69) is 19.2 Å². The Morgan fingerprint density at radius 1 is 1.30 bits per heavy atom. The van der Waals surface area contributed by atoms with Gasteiger partial charge in [0.1, 0.15) is 0 Å². The van der Waals surface area contributed by atoms with Crippen LogP contribution in [0.1, 0.15) is 51.7 Å². The predicted octanol–water partition coefficient (Wildman–Crippen LogP) is 2.58. The number of hydrogen-bond acceptors (Lipinski definition) is 5. The molecule has 0 radical (unpaired) electrons. The van der Waals surface area contributed by atoms with Crippen molar-refractivity contribution in [3.8, 4) is 11.5 Å². The van der Waals surface area contributed by atoms with Gasteiger partial charge in [0.15, 0.2) is 18.1 Å². The van der Waals surface area contributed by atoms with Gasteiger partial charge < -0.3 is 25.3 Å². The number of ether oxygens (including phenoxy) is 3. The van der Waals surface area contributed by atoms with E-state index in [-0.39, 0.29) is 35.5 Å². The van der Waals surface area contributed by atoms with Crippen molar-refractivity contribution >= 4 is 11.8 Å². The molecule has 2 amide bonds. The van der Waals surface area contributed by atoms with Crippen molar-refractivity contribution in [3.63, 3.8) is 0 Å². The van der Waals surface area contributed by atoms with Crippen LogP contribution in [0.15, 0.2) is 18.2 Å². The third kappa shape index (κ3) is 3.23. The number of carbonyl (C=O) groups excluding carboxylic acids is 2. The van der Waals surface area contributed by atoms with Gasteiger partial charge in [0.05, 0.1) is 13.2 Å². The lowest BCUT2D eigenvalue weighted by Crippen LogP contribution is -2.58. The van der Waals surface area contributed by atoms with Gasteiger partial charge >= 0.3 is 0 Å². The first-order valence-electron chi connectivity index (χ1n) is 10.7. The smallest absolute Gasteiger partial charge is 0.255 e. The molecule has 0 unspecified atom stereocenters. The van der Waals surface area contributed by atoms with Crippen LogP contribution in [-0.4, -0.2) is 38.2 Å². The van der Waals surface area contributed by atoms with Crippen LogP contribution in [0.25, 0.3) is 0 Å². The Kier molecular flexibility index (Phi) is 5.21. The Morgan fingerprint density at radius 2 is 2.07 bits per heavy atom. The van der Waals surface area contributed by atoms with Crippen LogP contribution in [0.4, 0.5) is 0 Å². The molecule has 1 aromatic carbocycles. The summed E-state index contributed by atoms with van der Waals surface area (Å²) in [6.45, 7) is 6.67. The lowest BCUT2D eigenvalue weighted by Gasteiger charge is -2.53. The van der Waals surface area contributed by atoms with Crippen LogP contribution >= 0.6 is 0 Å². The normalized spacial score (nSPS) is 33.6. The summed E-state index contributed by atoms with van der Waals surface area (Å²) in [5.41, 5.74) is 6.35. The molecule has 3 N–H and O–H groups in total. The van der Waals surface area contributed by atoms with Crippen LogP contribution in [0.3, 0.4) is 0 Å². The van der Waals surface area contributed by atoms with Crippen LogP contribution in [0.5, 0.6) is 11.5 Å². The van der Waals surface area contributed by atoms with Gasteiger partial charge in [0, 0.05) is 19.6 Å². The van der Waals surface area contributed by atoms with Gasteiger partial charge in [-0.1, -0.05) is 19.9 Å². The number of fused-ring (bicyclic) bond motifs is 1. The summed E-state index contributed by atoms with van der Waals surface area (Å²) in [5.74, 6) is 1.43. The van der Waals surface area contributed by atoms with Gasteiger partial charge in [-0.3, -0.25) is 9.59 Å². The Bertz CT molecular complexity index is 854. The minimum absolute atomic E-state index is 0.0365. The van der Waals surface area contributed by atoms with Gasteiger partial charge in [0.25, 0.3) is 5.91 Å². The maximum absolute atomic E-state index is 12.0. The molecule has 1 heterocycles. The van der Waals surface area contributed by atoms with Crippen molar-refractivity contribution in [1.29, 1.82) is 0 Å². The highest BCUT2D eigenvalue weighted by Gasteiger charge is 2.68. The fraction of sp³-hybridized carbons (Fsp3) is 0.652. The van der Waals surface area contributed by atoms with E-state index in [0.717, 1.165) is 24.8 Å². The summed E-state index contributed by atoms with van der Waals surface area (Å²) in [5, 5.41) is 3.30. The van der Waals surface area contributed by atoms with E-state index in [1.807, 2.05) is 18.2 Å². The number of nitrogens with one attached hydrogen (secondary N) is 1. The summed E-state index contributed by atoms with van der Waals surface area (Å²) in [7, 11) is 1.58. The second kappa shape index (κ2) is 7.45. The molecule has 7 nitrogen and oxygen atoms in total. The molecule has 1 saturated heterocycles. The number of amides is 2. The fourth-order valence-electron chi connectivity index (χ4n) is 6.45. The fourth-order valence-corrected chi connectivity index (χ4v) is 6.45. The topological polar surface area (TPSA) is 99.9 Å². The Balaban J connectivity index is 1.64. The molecule has 1 aromatic rings. The summed E-state index contributed by atoms with van der Waals surface area (Å²) in [6.07, 6.45) is 3.13. The maximum atomic E-state index is 12.0. The SMILES string of the molecule is COc1cc([C@H]2OCC[C@@]34C[C@@H](C[C@H]23)C(C)(C)[C@H]4NC(C)=O)ccc1OCC(N)=O. The highest BCUT2D eigenvalue weighted by atomic mass is 16.5. The molecular weight excluding hydrogens is 384 g/mol. The third-order valence-corrected chi connectivity index (χ3v) is 7.74. The van der Waals surface area contributed by atoms with Crippen molar-refractivity contribution in [2.75, 3.05) is 20.3 Å². The number of primary amides is 1. The lowest BCUT2D eigenvalue weighted by atomic mass is 9.59. The highest BCUT2D eigenvalue weighted by Crippen LogP contribution is 2.70. The largest absolute Gasteiger partial charge is 0.493 e. The van der Waals surface area contributed by atoms with Gasteiger partial charge in [-0.15, -0.1) is 0 Å². The predicted molar refractivity (Wildman–Crippen MR) is 111 cm³/mol. The number of carbonyl (C=O) groups is 2. The number of methoxy groups -OCH3 is 1. The summed E-state index contributed by atoms with van der Waals surface area (Å²) in [6, 6.07) is 5.87. The molecule has 4 rings (SSSR count). The van der Waals surface area contributed by atoms with Gasteiger partial charge in [-0.05, 0) is 59.6 Å². The van der Waals surface area contributed by atoms with Crippen LogP contribution in [0, 0.1) is 22.7 Å². The van der Waals surface area contributed by atoms with E-state index in [0.29, 0.717) is 29.9 Å². The molecule has 164 valence electrons. The summed E-state index contributed by atoms with van der Waals surface area (Å²) >= 11 is 0. The number of rotatable bonds is 6.